The second-order valence-electron chi connectivity index (χ2n) is 11.9. The molecule has 1 saturated carbocycles. The van der Waals surface area contributed by atoms with Gasteiger partial charge in [0.2, 0.25) is 0 Å². The molecular weight excluding hydrogens is 364 g/mol. The van der Waals surface area contributed by atoms with Crippen molar-refractivity contribution in [1.29, 1.82) is 0 Å². The molecule has 0 aliphatic heterocycles. The zero-order chi connectivity index (χ0) is 21.9. The van der Waals surface area contributed by atoms with E-state index in [4.69, 9.17) is 0 Å². The number of allylic oxidation sites excluding steroid dienone is 3. The molecule has 172 valence electrons. The highest BCUT2D eigenvalue weighted by Crippen LogP contribution is 2.55. The van der Waals surface area contributed by atoms with Gasteiger partial charge in [0, 0.05) is 0 Å². The van der Waals surface area contributed by atoms with Crippen LogP contribution in [0.1, 0.15) is 106 Å². The number of hydrogen-bond acceptors (Lipinski definition) is 1. The lowest BCUT2D eigenvalue weighted by molar-refractivity contribution is 0.0532. The van der Waals surface area contributed by atoms with Gasteiger partial charge < -0.3 is 5.11 Å². The average molecular weight is 415 g/mol. The van der Waals surface area contributed by atoms with E-state index >= 15 is 0 Å². The molecule has 0 aromatic heterocycles. The standard InChI is InChI=1S/C29H50O/c1-7-23(20(2)3)13-11-21(4)27-10-8-9-24-14-15-25-19-26(30)17-18-29(25,6)28(24)16-12-22(27)5/h8-9,15,20-24,26-28,30H,7,10-14,16-19H2,1-6H3/b9-8+/t21-,22+,23-,24+,26-,27-,28+,29+/m1/s1. The number of rotatable bonds is 6. The average Bonchev–Trinajstić information content (AvgIpc) is 2.78. The molecule has 1 heteroatoms. The highest BCUT2D eigenvalue weighted by molar-refractivity contribution is 5.25. The van der Waals surface area contributed by atoms with Crippen LogP contribution in [0.2, 0.25) is 0 Å². The third-order valence-corrected chi connectivity index (χ3v) is 9.80. The highest BCUT2D eigenvalue weighted by atomic mass is 16.3. The number of aliphatic hydroxyl groups excluding tert-OH is 1. The molecule has 0 aromatic rings. The Kier molecular flexibility index (Phi) is 8.33. The van der Waals surface area contributed by atoms with Gasteiger partial charge in [0.15, 0.2) is 0 Å². The van der Waals surface area contributed by atoms with Crippen LogP contribution < -0.4 is 0 Å². The van der Waals surface area contributed by atoms with E-state index in [9.17, 15) is 5.11 Å². The molecule has 0 unspecified atom stereocenters. The minimum absolute atomic E-state index is 0.102. The van der Waals surface area contributed by atoms with Gasteiger partial charge in [-0.3, -0.25) is 0 Å². The summed E-state index contributed by atoms with van der Waals surface area (Å²) in [6.07, 6.45) is 20.0. The Balaban J connectivity index is 1.67. The van der Waals surface area contributed by atoms with Crippen molar-refractivity contribution >= 4 is 0 Å². The maximum atomic E-state index is 10.2. The molecule has 3 aliphatic carbocycles. The quantitative estimate of drug-likeness (QED) is 0.434. The summed E-state index contributed by atoms with van der Waals surface area (Å²) >= 11 is 0. The molecule has 1 nitrogen and oxygen atoms in total. The van der Waals surface area contributed by atoms with Gasteiger partial charge in [-0.1, -0.05) is 84.6 Å². The zero-order valence-corrected chi connectivity index (χ0v) is 20.9. The summed E-state index contributed by atoms with van der Waals surface area (Å²) in [6.45, 7) is 14.8. The van der Waals surface area contributed by atoms with Crippen LogP contribution in [-0.4, -0.2) is 11.2 Å². The topological polar surface area (TPSA) is 20.2 Å². The third-order valence-electron chi connectivity index (χ3n) is 9.80. The molecule has 0 amide bonds. The smallest absolute Gasteiger partial charge is 0.0577 e. The first-order valence-electron chi connectivity index (χ1n) is 13.3. The maximum absolute atomic E-state index is 10.2. The highest BCUT2D eigenvalue weighted by Gasteiger charge is 2.46. The summed E-state index contributed by atoms with van der Waals surface area (Å²) < 4.78 is 0. The van der Waals surface area contributed by atoms with Crippen molar-refractivity contribution in [2.75, 3.05) is 0 Å². The predicted octanol–water partition coefficient (Wildman–Crippen LogP) is 8.19. The molecule has 0 aromatic carbocycles. The molecule has 0 radical (unpaired) electrons. The first kappa shape index (κ1) is 24.1. The van der Waals surface area contributed by atoms with E-state index in [1.165, 1.54) is 51.4 Å². The van der Waals surface area contributed by atoms with Crippen LogP contribution in [0.5, 0.6) is 0 Å². The lowest BCUT2D eigenvalue weighted by Gasteiger charge is -2.50. The van der Waals surface area contributed by atoms with Crippen LogP contribution in [0, 0.1) is 46.8 Å². The molecule has 30 heavy (non-hydrogen) atoms. The number of hydrogen-bond donors (Lipinski definition) is 1. The second kappa shape index (κ2) is 10.4. The van der Waals surface area contributed by atoms with Gasteiger partial charge in [0.05, 0.1) is 6.10 Å². The van der Waals surface area contributed by atoms with Crippen molar-refractivity contribution in [3.05, 3.63) is 23.8 Å². The Morgan fingerprint density at radius 2 is 1.87 bits per heavy atom. The van der Waals surface area contributed by atoms with Gasteiger partial charge >= 0.3 is 0 Å². The molecular formula is C29H50O. The summed E-state index contributed by atoms with van der Waals surface area (Å²) in [5.41, 5.74) is 1.90. The van der Waals surface area contributed by atoms with Crippen LogP contribution in [0.15, 0.2) is 23.8 Å². The first-order chi connectivity index (χ1) is 14.3. The van der Waals surface area contributed by atoms with E-state index in [1.54, 1.807) is 5.57 Å². The molecule has 1 N–H and O–H groups in total. The van der Waals surface area contributed by atoms with E-state index in [0.717, 1.165) is 48.3 Å². The Hall–Kier alpha value is -0.560. The minimum Gasteiger partial charge on any atom is -0.393 e. The second-order valence-corrected chi connectivity index (χ2v) is 11.9. The summed E-state index contributed by atoms with van der Waals surface area (Å²) in [5.74, 6) is 5.66. The molecule has 0 heterocycles. The van der Waals surface area contributed by atoms with Crippen molar-refractivity contribution in [2.45, 2.75) is 112 Å². The van der Waals surface area contributed by atoms with E-state index < -0.39 is 0 Å². The van der Waals surface area contributed by atoms with Crippen LogP contribution >= 0.6 is 0 Å². The van der Waals surface area contributed by atoms with Crippen molar-refractivity contribution in [2.24, 2.45) is 46.8 Å². The van der Waals surface area contributed by atoms with Gasteiger partial charge in [-0.2, -0.15) is 0 Å². The third kappa shape index (κ3) is 5.25. The predicted molar refractivity (Wildman–Crippen MR) is 130 cm³/mol. The van der Waals surface area contributed by atoms with Gasteiger partial charge in [0.25, 0.3) is 0 Å². The summed E-state index contributed by atoms with van der Waals surface area (Å²) in [5, 5.41) is 10.2. The van der Waals surface area contributed by atoms with Gasteiger partial charge in [0.1, 0.15) is 0 Å². The van der Waals surface area contributed by atoms with Gasteiger partial charge in [-0.05, 0) is 91.8 Å². The molecule has 0 bridgehead atoms. The molecule has 3 rings (SSSR count). The molecule has 0 spiro atoms. The fourth-order valence-corrected chi connectivity index (χ4v) is 7.41. The molecule has 0 saturated heterocycles. The van der Waals surface area contributed by atoms with Crippen LogP contribution in [-0.2, 0) is 0 Å². The maximum Gasteiger partial charge on any atom is 0.0577 e. The van der Waals surface area contributed by atoms with E-state index in [-0.39, 0.29) is 6.10 Å². The van der Waals surface area contributed by atoms with E-state index in [1.807, 2.05) is 0 Å². The lowest BCUT2D eigenvalue weighted by Crippen LogP contribution is -2.41. The van der Waals surface area contributed by atoms with Gasteiger partial charge in [-0.25, -0.2) is 0 Å². The van der Waals surface area contributed by atoms with Crippen molar-refractivity contribution in [3.8, 4) is 0 Å². The first-order valence-corrected chi connectivity index (χ1v) is 13.3. The Bertz CT molecular complexity index is 601. The van der Waals surface area contributed by atoms with Crippen molar-refractivity contribution < 1.29 is 5.11 Å². The summed E-state index contributed by atoms with van der Waals surface area (Å²) in [6, 6.07) is 0. The normalized spacial score (nSPS) is 40.3. The lowest BCUT2D eigenvalue weighted by atomic mass is 9.55. The van der Waals surface area contributed by atoms with Crippen LogP contribution in [0.4, 0.5) is 0 Å². The fourth-order valence-electron chi connectivity index (χ4n) is 7.41. The summed E-state index contributed by atoms with van der Waals surface area (Å²) in [4.78, 5) is 0. The van der Waals surface area contributed by atoms with Gasteiger partial charge in [-0.15, -0.1) is 0 Å². The summed E-state index contributed by atoms with van der Waals surface area (Å²) in [7, 11) is 0. The van der Waals surface area contributed by atoms with Crippen LogP contribution in [0.3, 0.4) is 0 Å². The van der Waals surface area contributed by atoms with E-state index in [2.05, 4.69) is 59.8 Å². The Morgan fingerprint density at radius 1 is 1.10 bits per heavy atom. The molecule has 1 fully saturated rings. The molecule has 3 aliphatic rings. The zero-order valence-electron chi connectivity index (χ0n) is 20.9. The number of aliphatic hydroxyl groups is 1. The van der Waals surface area contributed by atoms with Crippen molar-refractivity contribution in [1.82, 2.24) is 0 Å². The van der Waals surface area contributed by atoms with Crippen LogP contribution in [0.25, 0.3) is 0 Å². The van der Waals surface area contributed by atoms with Crippen molar-refractivity contribution in [3.63, 3.8) is 0 Å². The largest absolute Gasteiger partial charge is 0.393 e. The fraction of sp³-hybridized carbons (Fsp3) is 0.862. The molecule has 8 atom stereocenters. The Morgan fingerprint density at radius 3 is 2.57 bits per heavy atom. The Labute approximate surface area is 187 Å². The minimum atomic E-state index is -0.102. The monoisotopic (exact) mass is 414 g/mol. The number of fused-ring (bicyclic) bond motifs is 3. The SMILES string of the molecule is CC[C@H](CC[C@@H](C)[C@H]1C/C=C/[C@H]2CC=C3C[C@H](O)CC[C@]3(C)[C@H]2CC[C@@H]1C)C(C)C. The van der Waals surface area contributed by atoms with E-state index in [0.29, 0.717) is 11.3 Å².